The number of ether oxygens (including phenoxy) is 1. The third kappa shape index (κ3) is 2.69. The molecule has 0 aliphatic heterocycles. The molecule has 2 rings (SSSR count). The molecule has 19 heavy (non-hydrogen) atoms. The van der Waals surface area contributed by atoms with Gasteiger partial charge >= 0.3 is 0 Å². The van der Waals surface area contributed by atoms with E-state index in [1.54, 1.807) is 6.07 Å². The smallest absolute Gasteiger partial charge is 0.256 e. The maximum Gasteiger partial charge on any atom is 0.256 e. The Labute approximate surface area is 122 Å². The van der Waals surface area contributed by atoms with Gasteiger partial charge in [-0.2, -0.15) is 4.98 Å². The predicted octanol–water partition coefficient (Wildman–Crippen LogP) is 2.67. The largest absolute Gasteiger partial charge is 0.480 e. The summed E-state index contributed by atoms with van der Waals surface area (Å²) in [7, 11) is 1.38. The Morgan fingerprint density at radius 2 is 2.05 bits per heavy atom. The quantitative estimate of drug-likeness (QED) is 0.870. The van der Waals surface area contributed by atoms with Crippen LogP contribution in [0.2, 0.25) is 5.28 Å². The van der Waals surface area contributed by atoms with E-state index >= 15 is 0 Å². The number of aromatic nitrogens is 2. The Balaban J connectivity index is 2.79. The SMILES string of the molecule is COc1nc(Cl)nc(-c2ccccc2Br)c1C(N)=O. The lowest BCUT2D eigenvalue weighted by atomic mass is 10.1. The van der Waals surface area contributed by atoms with Crippen molar-refractivity contribution in [3.63, 3.8) is 0 Å². The number of carbonyl (C=O) groups is 1. The lowest BCUT2D eigenvalue weighted by molar-refractivity contribution is 0.0997. The molecule has 0 bridgehead atoms. The number of carbonyl (C=O) groups excluding carboxylic acids is 1. The Morgan fingerprint density at radius 1 is 1.37 bits per heavy atom. The van der Waals surface area contributed by atoms with Gasteiger partial charge < -0.3 is 10.5 Å². The van der Waals surface area contributed by atoms with Crippen LogP contribution >= 0.6 is 27.5 Å². The minimum atomic E-state index is -0.681. The molecule has 1 amide bonds. The summed E-state index contributed by atoms with van der Waals surface area (Å²) in [6.45, 7) is 0. The highest BCUT2D eigenvalue weighted by molar-refractivity contribution is 9.10. The number of nitrogens with zero attached hydrogens (tertiary/aromatic N) is 2. The third-order valence-electron chi connectivity index (χ3n) is 2.42. The highest BCUT2D eigenvalue weighted by Crippen LogP contribution is 2.33. The first-order valence-corrected chi connectivity index (χ1v) is 6.38. The third-order valence-corrected chi connectivity index (χ3v) is 3.28. The highest BCUT2D eigenvalue weighted by Gasteiger charge is 2.21. The van der Waals surface area contributed by atoms with Crippen LogP contribution in [0.15, 0.2) is 28.7 Å². The van der Waals surface area contributed by atoms with Gasteiger partial charge in [-0.3, -0.25) is 4.79 Å². The molecule has 98 valence electrons. The molecule has 0 saturated heterocycles. The van der Waals surface area contributed by atoms with E-state index in [1.165, 1.54) is 7.11 Å². The molecule has 0 fully saturated rings. The summed E-state index contributed by atoms with van der Waals surface area (Å²) < 4.78 is 5.80. The zero-order chi connectivity index (χ0) is 14.0. The Bertz CT molecular complexity index is 649. The van der Waals surface area contributed by atoms with Gasteiger partial charge in [-0.15, -0.1) is 0 Å². The zero-order valence-electron chi connectivity index (χ0n) is 9.85. The zero-order valence-corrected chi connectivity index (χ0v) is 12.2. The number of halogens is 2. The van der Waals surface area contributed by atoms with Gasteiger partial charge in [-0.05, 0) is 17.7 Å². The second-order valence-electron chi connectivity index (χ2n) is 3.57. The summed E-state index contributed by atoms with van der Waals surface area (Å²) in [6.07, 6.45) is 0. The normalized spacial score (nSPS) is 10.3. The van der Waals surface area contributed by atoms with Gasteiger partial charge in [0.15, 0.2) is 0 Å². The molecule has 0 aliphatic carbocycles. The highest BCUT2D eigenvalue weighted by atomic mass is 79.9. The van der Waals surface area contributed by atoms with Crippen molar-refractivity contribution in [3.05, 3.63) is 39.6 Å². The van der Waals surface area contributed by atoms with Gasteiger partial charge in [0.2, 0.25) is 11.2 Å². The molecule has 0 aliphatic rings. The van der Waals surface area contributed by atoms with Crippen molar-refractivity contribution in [2.45, 2.75) is 0 Å². The fourth-order valence-electron chi connectivity index (χ4n) is 1.63. The topological polar surface area (TPSA) is 78.1 Å². The molecule has 0 atom stereocenters. The van der Waals surface area contributed by atoms with Crippen LogP contribution in [0, 0.1) is 0 Å². The maximum absolute atomic E-state index is 11.6. The Kier molecular flexibility index (Phi) is 4.01. The first kappa shape index (κ1) is 13.8. The van der Waals surface area contributed by atoms with E-state index in [4.69, 9.17) is 22.1 Å². The molecular weight excluding hydrogens is 334 g/mol. The van der Waals surface area contributed by atoms with Crippen LogP contribution in [0.1, 0.15) is 10.4 Å². The van der Waals surface area contributed by atoms with Gasteiger partial charge in [0, 0.05) is 10.0 Å². The van der Waals surface area contributed by atoms with Crippen molar-refractivity contribution in [1.29, 1.82) is 0 Å². The van der Waals surface area contributed by atoms with E-state index in [0.29, 0.717) is 11.3 Å². The van der Waals surface area contributed by atoms with Crippen LogP contribution in [0.3, 0.4) is 0 Å². The molecule has 0 spiro atoms. The van der Waals surface area contributed by atoms with Crippen LogP contribution < -0.4 is 10.5 Å². The molecule has 1 aromatic heterocycles. The number of rotatable bonds is 3. The first-order valence-electron chi connectivity index (χ1n) is 5.20. The lowest BCUT2D eigenvalue weighted by Gasteiger charge is -2.11. The van der Waals surface area contributed by atoms with Crippen molar-refractivity contribution < 1.29 is 9.53 Å². The summed E-state index contributed by atoms with van der Waals surface area (Å²) in [5.74, 6) is -0.627. The monoisotopic (exact) mass is 341 g/mol. The maximum atomic E-state index is 11.6. The number of primary amides is 1. The van der Waals surface area contributed by atoms with E-state index in [1.807, 2.05) is 18.2 Å². The fraction of sp³-hybridized carbons (Fsp3) is 0.0833. The van der Waals surface area contributed by atoms with Gasteiger partial charge in [0.25, 0.3) is 5.91 Å². The molecular formula is C12H9BrClN3O2. The number of hydrogen-bond donors (Lipinski definition) is 1. The molecule has 0 saturated carbocycles. The van der Waals surface area contributed by atoms with E-state index < -0.39 is 5.91 Å². The van der Waals surface area contributed by atoms with Crippen LogP contribution in [-0.4, -0.2) is 23.0 Å². The molecule has 2 aromatic rings. The number of hydrogen-bond acceptors (Lipinski definition) is 4. The first-order chi connectivity index (χ1) is 9.04. The molecule has 0 radical (unpaired) electrons. The molecule has 5 nitrogen and oxygen atoms in total. The van der Waals surface area contributed by atoms with Crippen molar-refractivity contribution in [1.82, 2.24) is 9.97 Å². The van der Waals surface area contributed by atoms with Crippen LogP contribution in [0.5, 0.6) is 5.88 Å². The van der Waals surface area contributed by atoms with Crippen LogP contribution in [0.25, 0.3) is 11.3 Å². The number of methoxy groups -OCH3 is 1. The predicted molar refractivity (Wildman–Crippen MR) is 75.2 cm³/mol. The lowest BCUT2D eigenvalue weighted by Crippen LogP contribution is -2.16. The summed E-state index contributed by atoms with van der Waals surface area (Å²) in [5.41, 5.74) is 6.48. The summed E-state index contributed by atoms with van der Waals surface area (Å²) >= 11 is 9.23. The van der Waals surface area contributed by atoms with Gasteiger partial charge in [0.1, 0.15) is 5.56 Å². The minimum Gasteiger partial charge on any atom is -0.480 e. The van der Waals surface area contributed by atoms with Gasteiger partial charge in [-0.1, -0.05) is 34.1 Å². The molecule has 1 heterocycles. The van der Waals surface area contributed by atoms with Crippen LogP contribution in [0.4, 0.5) is 0 Å². The average Bonchev–Trinajstić information content (AvgIpc) is 2.37. The van der Waals surface area contributed by atoms with E-state index in [2.05, 4.69) is 25.9 Å². The van der Waals surface area contributed by atoms with Crippen LogP contribution in [-0.2, 0) is 0 Å². The van der Waals surface area contributed by atoms with Crippen molar-refractivity contribution in [2.24, 2.45) is 5.73 Å². The number of amides is 1. The van der Waals surface area contributed by atoms with Crippen molar-refractivity contribution in [3.8, 4) is 17.1 Å². The van der Waals surface area contributed by atoms with Crippen molar-refractivity contribution in [2.75, 3.05) is 7.11 Å². The molecule has 7 heteroatoms. The Hall–Kier alpha value is -1.66. The van der Waals surface area contributed by atoms with E-state index in [-0.39, 0.29) is 16.7 Å². The fourth-order valence-corrected chi connectivity index (χ4v) is 2.27. The summed E-state index contributed by atoms with van der Waals surface area (Å²) in [4.78, 5) is 19.5. The Morgan fingerprint density at radius 3 is 2.63 bits per heavy atom. The van der Waals surface area contributed by atoms with Gasteiger partial charge in [-0.25, -0.2) is 4.98 Å². The summed E-state index contributed by atoms with van der Waals surface area (Å²) in [6, 6.07) is 7.27. The minimum absolute atomic E-state index is 0.0207. The average molecular weight is 343 g/mol. The van der Waals surface area contributed by atoms with E-state index in [9.17, 15) is 4.79 Å². The van der Waals surface area contributed by atoms with Crippen molar-refractivity contribution >= 4 is 33.4 Å². The molecule has 1 aromatic carbocycles. The second-order valence-corrected chi connectivity index (χ2v) is 4.76. The second kappa shape index (κ2) is 5.54. The van der Waals surface area contributed by atoms with Gasteiger partial charge in [0.05, 0.1) is 12.8 Å². The standard InChI is InChI=1S/C12H9BrClN3O2/c1-19-11-8(10(15)18)9(16-12(14)17-11)6-4-2-3-5-7(6)13/h2-5H,1H3,(H2,15,18). The summed E-state index contributed by atoms with van der Waals surface area (Å²) in [5, 5.41) is -0.0207. The molecule has 0 unspecified atom stereocenters. The number of nitrogens with two attached hydrogens (primary N) is 1. The number of benzene rings is 1. The molecule has 2 N–H and O–H groups in total. The van der Waals surface area contributed by atoms with E-state index in [0.717, 1.165) is 4.47 Å².